The van der Waals surface area contributed by atoms with E-state index in [1.165, 1.54) is 23.2 Å². The number of nitrogens with one attached hydrogen (secondary N) is 1. The molecule has 7 nitrogen and oxygen atoms in total. The number of thiazole rings is 1. The van der Waals surface area contributed by atoms with Crippen LogP contribution in [0.3, 0.4) is 0 Å². The molecule has 3 aromatic rings. The number of aryl methyl sites for hydroxylation is 1. The maximum atomic E-state index is 14.5. The Labute approximate surface area is 196 Å². The van der Waals surface area contributed by atoms with E-state index in [0.29, 0.717) is 24.2 Å². The van der Waals surface area contributed by atoms with E-state index in [1.807, 2.05) is 0 Å². The van der Waals surface area contributed by atoms with Crippen LogP contribution in [0.15, 0.2) is 23.7 Å². The van der Waals surface area contributed by atoms with Crippen LogP contribution in [0, 0.1) is 11.6 Å². The molecule has 0 aliphatic carbocycles. The van der Waals surface area contributed by atoms with Crippen LogP contribution in [-0.2, 0) is 11.8 Å². The molecule has 4 atom stereocenters. The molecule has 2 aromatic heterocycles. The predicted molar refractivity (Wildman–Crippen MR) is 119 cm³/mol. The summed E-state index contributed by atoms with van der Waals surface area (Å²) in [5.41, 5.74) is 6.06. The molecule has 3 heterocycles. The fourth-order valence-corrected chi connectivity index (χ4v) is 4.63. The Kier molecular flexibility index (Phi) is 7.01. The van der Waals surface area contributed by atoms with E-state index in [1.54, 1.807) is 7.05 Å². The number of ether oxygens (including phenoxy) is 1. The molecule has 1 aromatic carbocycles. The predicted octanol–water partition coefficient (Wildman–Crippen LogP) is 4.62. The highest BCUT2D eigenvalue weighted by Crippen LogP contribution is 2.34. The fourth-order valence-electron chi connectivity index (χ4n) is 3.79. The van der Waals surface area contributed by atoms with E-state index >= 15 is 0 Å². The Hall–Kier alpha value is -2.83. The molecule has 0 spiro atoms. The van der Waals surface area contributed by atoms with Gasteiger partial charge in [0.05, 0.1) is 29.7 Å². The van der Waals surface area contributed by atoms with Gasteiger partial charge in [-0.2, -0.15) is 5.10 Å². The molecule has 12 heteroatoms. The van der Waals surface area contributed by atoms with Crippen molar-refractivity contribution in [2.24, 2.45) is 12.8 Å². The fraction of sp³-hybridized carbons (Fsp3) is 0.409. The van der Waals surface area contributed by atoms with Crippen molar-refractivity contribution in [1.29, 1.82) is 0 Å². The number of nitrogens with two attached hydrogens (primary N) is 1. The number of benzene rings is 1. The quantitative estimate of drug-likeness (QED) is 0.502. The van der Waals surface area contributed by atoms with Crippen LogP contribution in [-0.4, -0.2) is 39.5 Å². The van der Waals surface area contributed by atoms with E-state index in [9.17, 15) is 22.4 Å². The second-order valence-electron chi connectivity index (χ2n) is 8.11. The van der Waals surface area contributed by atoms with Crippen molar-refractivity contribution in [3.05, 3.63) is 52.3 Å². The minimum absolute atomic E-state index is 0.0558. The topological polar surface area (TPSA) is 95.1 Å². The van der Waals surface area contributed by atoms with Gasteiger partial charge in [0, 0.05) is 18.5 Å². The van der Waals surface area contributed by atoms with Crippen LogP contribution in [0.4, 0.5) is 23.2 Å². The lowest BCUT2D eigenvalue weighted by atomic mass is 10.0. The molecule has 3 N–H and O–H groups in total. The Morgan fingerprint density at radius 2 is 2.03 bits per heavy atom. The summed E-state index contributed by atoms with van der Waals surface area (Å²) in [6, 6.07) is 1.19. The van der Waals surface area contributed by atoms with Gasteiger partial charge in [-0.3, -0.25) is 9.48 Å². The lowest BCUT2D eigenvalue weighted by Crippen LogP contribution is -2.32. The van der Waals surface area contributed by atoms with Crippen molar-refractivity contribution >= 4 is 22.9 Å². The average molecular weight is 498 g/mol. The summed E-state index contributed by atoms with van der Waals surface area (Å²) in [5, 5.41) is 8.15. The zero-order valence-corrected chi connectivity index (χ0v) is 19.2. The highest BCUT2D eigenvalue weighted by atomic mass is 32.1. The number of rotatable bonds is 5. The van der Waals surface area contributed by atoms with Gasteiger partial charge in [0.15, 0.2) is 0 Å². The van der Waals surface area contributed by atoms with Crippen molar-refractivity contribution in [1.82, 2.24) is 14.8 Å². The van der Waals surface area contributed by atoms with Gasteiger partial charge < -0.3 is 15.8 Å². The van der Waals surface area contributed by atoms with Gasteiger partial charge in [-0.1, -0.05) is 0 Å². The van der Waals surface area contributed by atoms with Gasteiger partial charge in [0.2, 0.25) is 0 Å². The van der Waals surface area contributed by atoms with Crippen molar-refractivity contribution in [3.63, 3.8) is 0 Å². The van der Waals surface area contributed by atoms with Gasteiger partial charge in [0.25, 0.3) is 5.91 Å². The van der Waals surface area contributed by atoms with Crippen LogP contribution in [0.1, 0.15) is 53.8 Å². The second-order valence-corrected chi connectivity index (χ2v) is 8.97. The summed E-state index contributed by atoms with van der Waals surface area (Å²) < 4.78 is 63.5. The number of nitrogens with zero attached hydrogens (tertiary/aromatic N) is 3. The number of carbonyl (C=O) groups excluding carboxylic acids is 1. The second kappa shape index (κ2) is 9.80. The zero-order chi connectivity index (χ0) is 24.6. The first kappa shape index (κ1) is 24.3. The number of hydrogen-bond acceptors (Lipinski definition) is 6. The van der Waals surface area contributed by atoms with Crippen LogP contribution < -0.4 is 11.1 Å². The minimum Gasteiger partial charge on any atom is -0.369 e. The molecule has 1 amide bonds. The number of hydrogen-bond donors (Lipinski definition) is 2. The van der Waals surface area contributed by atoms with Gasteiger partial charge in [-0.05, 0) is 37.5 Å². The number of carbonyl (C=O) groups is 1. The SMILES string of the molecule is C[C@@H](F)c1cc(F)c(-c2nc(C(=O)Nc3cnn(C)c3[C@@H]3CC[C@@H](N)[C@H](F)CO3)cs2)c(F)c1. The van der Waals surface area contributed by atoms with Crippen molar-refractivity contribution in [2.45, 2.75) is 44.3 Å². The van der Waals surface area contributed by atoms with E-state index < -0.39 is 47.6 Å². The molecular weight excluding hydrogens is 474 g/mol. The smallest absolute Gasteiger partial charge is 0.275 e. The summed E-state index contributed by atoms with van der Waals surface area (Å²) in [6.07, 6.45) is -1.08. The molecule has 34 heavy (non-hydrogen) atoms. The third-order valence-electron chi connectivity index (χ3n) is 5.70. The van der Waals surface area contributed by atoms with E-state index in [4.69, 9.17) is 10.5 Å². The van der Waals surface area contributed by atoms with E-state index in [0.717, 1.165) is 23.5 Å². The first-order chi connectivity index (χ1) is 16.2. The Morgan fingerprint density at radius 3 is 2.71 bits per heavy atom. The maximum absolute atomic E-state index is 14.5. The Morgan fingerprint density at radius 1 is 1.32 bits per heavy atom. The summed E-state index contributed by atoms with van der Waals surface area (Å²) in [7, 11) is 1.67. The molecule has 1 fully saturated rings. The average Bonchev–Trinajstić information content (AvgIpc) is 3.36. The molecule has 0 saturated carbocycles. The standard InChI is InChI=1S/C22H23F4N5O2S/c1-10(23)11-5-12(24)19(13(25)6-11)22-30-17(9-34-22)21(32)29-16-7-28-31(2)20(16)18-4-3-15(27)14(26)8-33-18/h5-7,9-10,14-15,18H,3-4,8,27H2,1-2H3,(H,29,32)/t10-,14-,15-,18+/m1/s1. The molecule has 1 aliphatic rings. The molecule has 1 saturated heterocycles. The third-order valence-corrected chi connectivity index (χ3v) is 6.56. The molecule has 0 radical (unpaired) electrons. The molecular formula is C22H23F4N5O2S. The Balaban J connectivity index is 1.55. The van der Waals surface area contributed by atoms with Crippen molar-refractivity contribution in [3.8, 4) is 10.6 Å². The normalized spacial score (nSPS) is 21.8. The van der Waals surface area contributed by atoms with Crippen LogP contribution in [0.25, 0.3) is 10.6 Å². The van der Waals surface area contributed by atoms with Crippen LogP contribution in [0.2, 0.25) is 0 Å². The number of amides is 1. The first-order valence-electron chi connectivity index (χ1n) is 10.6. The van der Waals surface area contributed by atoms with Crippen molar-refractivity contribution < 1.29 is 27.1 Å². The largest absolute Gasteiger partial charge is 0.369 e. The summed E-state index contributed by atoms with van der Waals surface area (Å²) in [6.45, 7) is 1.01. The number of anilines is 1. The molecule has 1 aliphatic heterocycles. The summed E-state index contributed by atoms with van der Waals surface area (Å²) in [4.78, 5) is 16.9. The minimum atomic E-state index is -1.53. The summed E-state index contributed by atoms with van der Waals surface area (Å²) >= 11 is 0.878. The first-order valence-corrected chi connectivity index (χ1v) is 11.5. The molecule has 182 valence electrons. The highest BCUT2D eigenvalue weighted by molar-refractivity contribution is 7.13. The molecule has 0 unspecified atom stereocenters. The zero-order valence-electron chi connectivity index (χ0n) is 18.4. The Bertz CT molecular complexity index is 1160. The van der Waals surface area contributed by atoms with Gasteiger partial charge in [0.1, 0.15) is 40.8 Å². The number of alkyl halides is 2. The van der Waals surface area contributed by atoms with Gasteiger partial charge in [-0.25, -0.2) is 22.5 Å². The van der Waals surface area contributed by atoms with Gasteiger partial charge >= 0.3 is 0 Å². The van der Waals surface area contributed by atoms with Crippen LogP contribution in [0.5, 0.6) is 0 Å². The van der Waals surface area contributed by atoms with Gasteiger partial charge in [-0.15, -0.1) is 11.3 Å². The number of halogens is 4. The van der Waals surface area contributed by atoms with Crippen LogP contribution >= 0.6 is 11.3 Å². The van der Waals surface area contributed by atoms with E-state index in [-0.39, 0.29) is 22.9 Å². The van der Waals surface area contributed by atoms with Crippen molar-refractivity contribution in [2.75, 3.05) is 11.9 Å². The highest BCUT2D eigenvalue weighted by Gasteiger charge is 2.30. The maximum Gasteiger partial charge on any atom is 0.275 e. The third kappa shape index (κ3) is 4.84. The summed E-state index contributed by atoms with van der Waals surface area (Å²) in [5.74, 6) is -2.56. The molecule has 0 bridgehead atoms. The molecule has 4 rings (SSSR count). The number of aromatic nitrogens is 3. The monoisotopic (exact) mass is 497 g/mol. The lowest BCUT2D eigenvalue weighted by molar-refractivity contribution is 0.0247. The lowest BCUT2D eigenvalue weighted by Gasteiger charge is -2.17. The van der Waals surface area contributed by atoms with E-state index in [2.05, 4.69) is 15.4 Å².